The highest BCUT2D eigenvalue weighted by Crippen LogP contribution is 2.27. The van der Waals surface area contributed by atoms with Gasteiger partial charge in [-0.05, 0) is 25.1 Å². The number of aliphatic imine (C=N–C) groups is 1. The third kappa shape index (κ3) is 5.35. The summed E-state index contributed by atoms with van der Waals surface area (Å²) in [5.74, 6) is -0.359. The number of fused-ring (bicyclic) bond motifs is 1. The van der Waals surface area contributed by atoms with Crippen LogP contribution < -0.4 is 25.6 Å². The van der Waals surface area contributed by atoms with E-state index in [-0.39, 0.29) is 0 Å². The molecular formula is C27H27N5O4. The summed E-state index contributed by atoms with van der Waals surface area (Å²) >= 11 is 0. The Balaban J connectivity index is 1.52. The number of likely N-dealkylation sites (N-methyl/N-ethyl adjacent to an activating group) is 1. The summed E-state index contributed by atoms with van der Waals surface area (Å²) in [5.41, 5.74) is 3.38. The van der Waals surface area contributed by atoms with E-state index < -0.39 is 30.1 Å². The lowest BCUT2D eigenvalue weighted by atomic mass is 10.0. The summed E-state index contributed by atoms with van der Waals surface area (Å²) in [6, 6.07) is 22.2. The molecule has 9 heteroatoms. The molecule has 1 heterocycles. The third-order valence-electron chi connectivity index (χ3n) is 5.74. The van der Waals surface area contributed by atoms with Gasteiger partial charge < -0.3 is 25.6 Å². The van der Waals surface area contributed by atoms with Crippen molar-refractivity contribution in [1.29, 1.82) is 0 Å². The predicted octanol–water partition coefficient (Wildman–Crippen LogP) is 3.16. The van der Waals surface area contributed by atoms with Crippen molar-refractivity contribution in [2.45, 2.75) is 19.1 Å². The molecule has 3 aromatic carbocycles. The highest BCUT2D eigenvalue weighted by atomic mass is 16.5. The molecule has 9 nitrogen and oxygen atoms in total. The van der Waals surface area contributed by atoms with Crippen LogP contribution in [0.2, 0.25) is 0 Å². The molecule has 3 N–H and O–H groups in total. The van der Waals surface area contributed by atoms with Crippen LogP contribution >= 0.6 is 0 Å². The third-order valence-corrected chi connectivity index (χ3v) is 5.74. The topological polar surface area (TPSA) is 112 Å². The number of anilines is 2. The summed E-state index contributed by atoms with van der Waals surface area (Å²) in [5, 5.41) is 7.92. The Labute approximate surface area is 209 Å². The average molecular weight is 486 g/mol. The molecule has 184 valence electrons. The van der Waals surface area contributed by atoms with E-state index >= 15 is 0 Å². The molecule has 0 saturated heterocycles. The molecular weight excluding hydrogens is 458 g/mol. The zero-order chi connectivity index (χ0) is 25.7. The monoisotopic (exact) mass is 485 g/mol. The smallest absolute Gasteiger partial charge is 0.319 e. The zero-order valence-corrected chi connectivity index (χ0v) is 20.2. The van der Waals surface area contributed by atoms with E-state index in [1.165, 1.54) is 18.9 Å². The average Bonchev–Trinajstić information content (AvgIpc) is 3.00. The van der Waals surface area contributed by atoms with Crippen molar-refractivity contribution in [3.05, 3.63) is 90.0 Å². The van der Waals surface area contributed by atoms with Gasteiger partial charge in [-0.3, -0.25) is 9.59 Å². The van der Waals surface area contributed by atoms with Crippen LogP contribution in [0.4, 0.5) is 16.2 Å². The van der Waals surface area contributed by atoms with E-state index in [1.807, 2.05) is 54.6 Å². The Morgan fingerprint density at radius 1 is 1.00 bits per heavy atom. The number of carbonyl (C=O) groups is 3. The fourth-order valence-corrected chi connectivity index (χ4v) is 3.83. The lowest BCUT2D eigenvalue weighted by Gasteiger charge is -2.22. The van der Waals surface area contributed by atoms with Crippen molar-refractivity contribution in [3.63, 3.8) is 0 Å². The van der Waals surface area contributed by atoms with Crippen LogP contribution in [0, 0.1) is 0 Å². The minimum absolute atomic E-state index is 0.394. The first-order valence-corrected chi connectivity index (χ1v) is 11.4. The number of nitrogens with one attached hydrogen (secondary N) is 3. The maximum absolute atomic E-state index is 13.3. The lowest BCUT2D eigenvalue weighted by molar-refractivity contribution is -0.128. The molecule has 0 bridgehead atoms. The Kier molecular flexibility index (Phi) is 7.29. The second kappa shape index (κ2) is 10.7. The van der Waals surface area contributed by atoms with Crippen LogP contribution in [0.1, 0.15) is 18.1 Å². The number of benzene rings is 3. The summed E-state index contributed by atoms with van der Waals surface area (Å²) < 4.78 is 5.15. The van der Waals surface area contributed by atoms with Crippen LogP contribution in [0.3, 0.4) is 0 Å². The van der Waals surface area contributed by atoms with Crippen molar-refractivity contribution in [2.24, 2.45) is 4.99 Å². The number of urea groups is 1. The van der Waals surface area contributed by atoms with Crippen molar-refractivity contribution < 1.29 is 19.1 Å². The molecule has 1 aliphatic heterocycles. The summed E-state index contributed by atoms with van der Waals surface area (Å²) in [6.07, 6.45) is -1.17. The molecule has 3 aromatic rings. The molecule has 2 atom stereocenters. The van der Waals surface area contributed by atoms with Gasteiger partial charge in [0.05, 0.1) is 18.5 Å². The van der Waals surface area contributed by atoms with Crippen LogP contribution in [-0.4, -0.2) is 49.9 Å². The van der Waals surface area contributed by atoms with Crippen LogP contribution in [-0.2, 0) is 9.59 Å². The molecule has 0 saturated carbocycles. The van der Waals surface area contributed by atoms with E-state index in [1.54, 1.807) is 31.3 Å². The van der Waals surface area contributed by atoms with Gasteiger partial charge in [0.15, 0.2) is 0 Å². The maximum Gasteiger partial charge on any atom is 0.319 e. The van der Waals surface area contributed by atoms with Crippen molar-refractivity contribution in [3.8, 4) is 5.75 Å². The number of rotatable bonds is 6. The molecule has 1 aliphatic rings. The van der Waals surface area contributed by atoms with Crippen molar-refractivity contribution >= 4 is 34.9 Å². The lowest BCUT2D eigenvalue weighted by Crippen LogP contribution is -2.52. The van der Waals surface area contributed by atoms with E-state index in [2.05, 4.69) is 20.9 Å². The minimum atomic E-state index is -1.17. The van der Waals surface area contributed by atoms with Crippen LogP contribution in [0.15, 0.2) is 83.9 Å². The van der Waals surface area contributed by atoms with Gasteiger partial charge in [-0.1, -0.05) is 54.6 Å². The van der Waals surface area contributed by atoms with E-state index in [9.17, 15) is 14.4 Å². The highest BCUT2D eigenvalue weighted by Gasteiger charge is 2.32. The molecule has 0 aromatic heterocycles. The first-order valence-electron chi connectivity index (χ1n) is 11.4. The second-order valence-electron chi connectivity index (χ2n) is 8.22. The van der Waals surface area contributed by atoms with E-state index in [0.29, 0.717) is 22.8 Å². The quantitative estimate of drug-likeness (QED) is 0.498. The first-order chi connectivity index (χ1) is 17.4. The summed E-state index contributed by atoms with van der Waals surface area (Å²) in [6.45, 7) is 1.53. The number of amides is 4. The SMILES string of the molecule is COc1cccc(NC(=O)N[C@@H](C)C(=O)N[C@H]2N=C(c3ccccc3)c3ccccc3N(C)C2=O)c1. The molecule has 4 amide bonds. The Bertz CT molecular complexity index is 1310. The van der Waals surface area contributed by atoms with Crippen LogP contribution in [0.5, 0.6) is 5.75 Å². The standard InChI is InChI=1S/C27H27N5O4/c1-17(28-27(35)29-19-12-9-13-20(16-19)36-3)25(33)31-24-26(34)32(2)22-15-8-7-14-21(22)23(30-24)18-10-5-4-6-11-18/h4-17,24H,1-3H3,(H,31,33)(H2,28,29,35)/t17-,24+/m0/s1. The van der Waals surface area contributed by atoms with Gasteiger partial charge >= 0.3 is 6.03 Å². The highest BCUT2D eigenvalue weighted by molar-refractivity contribution is 6.20. The second-order valence-corrected chi connectivity index (χ2v) is 8.22. The van der Waals surface area contributed by atoms with Gasteiger partial charge in [0.1, 0.15) is 11.8 Å². The minimum Gasteiger partial charge on any atom is -0.497 e. The normalized spacial score (nSPS) is 15.6. The molecule has 0 fully saturated rings. The number of benzodiazepines with no additional fused rings is 1. The molecule has 36 heavy (non-hydrogen) atoms. The number of hydrogen-bond acceptors (Lipinski definition) is 5. The molecule has 0 aliphatic carbocycles. The van der Waals surface area contributed by atoms with Gasteiger partial charge in [0.25, 0.3) is 5.91 Å². The molecule has 0 unspecified atom stereocenters. The van der Waals surface area contributed by atoms with E-state index in [4.69, 9.17) is 4.74 Å². The fraction of sp³-hybridized carbons (Fsp3) is 0.185. The molecule has 4 rings (SSSR count). The summed E-state index contributed by atoms with van der Waals surface area (Å²) in [4.78, 5) is 44.8. The number of carbonyl (C=O) groups excluding carboxylic acids is 3. The number of ether oxygens (including phenoxy) is 1. The number of nitrogens with zero attached hydrogens (tertiary/aromatic N) is 2. The van der Waals surface area contributed by atoms with Gasteiger partial charge in [-0.2, -0.15) is 0 Å². The molecule has 0 radical (unpaired) electrons. The fourth-order valence-electron chi connectivity index (χ4n) is 3.83. The van der Waals surface area contributed by atoms with Gasteiger partial charge in [-0.25, -0.2) is 9.79 Å². The zero-order valence-electron chi connectivity index (χ0n) is 20.2. The van der Waals surface area contributed by atoms with Gasteiger partial charge in [0.2, 0.25) is 12.1 Å². The van der Waals surface area contributed by atoms with Crippen molar-refractivity contribution in [1.82, 2.24) is 10.6 Å². The first kappa shape index (κ1) is 24.5. The van der Waals surface area contributed by atoms with Gasteiger partial charge in [0, 0.05) is 29.9 Å². The predicted molar refractivity (Wildman–Crippen MR) is 138 cm³/mol. The maximum atomic E-state index is 13.3. The van der Waals surface area contributed by atoms with Gasteiger partial charge in [-0.15, -0.1) is 0 Å². The Morgan fingerprint density at radius 2 is 1.72 bits per heavy atom. The Hall–Kier alpha value is -4.66. The number of hydrogen-bond donors (Lipinski definition) is 3. The summed E-state index contributed by atoms with van der Waals surface area (Å²) in [7, 11) is 3.18. The van der Waals surface area contributed by atoms with Crippen LogP contribution in [0.25, 0.3) is 0 Å². The van der Waals surface area contributed by atoms with Crippen molar-refractivity contribution in [2.75, 3.05) is 24.4 Å². The largest absolute Gasteiger partial charge is 0.497 e. The number of methoxy groups -OCH3 is 1. The van der Waals surface area contributed by atoms with E-state index in [0.717, 1.165) is 11.1 Å². The number of para-hydroxylation sites is 1. The Morgan fingerprint density at radius 3 is 2.47 bits per heavy atom. The molecule has 0 spiro atoms.